The maximum atomic E-state index is 9.81. The number of hydrogen-bond acceptors (Lipinski definition) is 2. The number of fused-ring (bicyclic) bond motifs is 1. The van der Waals surface area contributed by atoms with E-state index in [4.69, 9.17) is 4.74 Å². The number of ether oxygens (including phenoxy) is 1. The number of benzene rings is 1. The molecule has 1 aromatic carbocycles. The van der Waals surface area contributed by atoms with E-state index in [1.165, 1.54) is 43.3 Å². The monoisotopic (exact) mass is 398 g/mol. The van der Waals surface area contributed by atoms with Crippen LogP contribution in [-0.2, 0) is 6.42 Å². The molecule has 0 amide bonds. The van der Waals surface area contributed by atoms with Crippen LogP contribution in [0.3, 0.4) is 0 Å². The molecule has 2 heteroatoms. The lowest BCUT2D eigenvalue weighted by Gasteiger charge is -2.36. The van der Waals surface area contributed by atoms with Crippen LogP contribution in [0.25, 0.3) is 0 Å². The van der Waals surface area contributed by atoms with Gasteiger partial charge in [0.25, 0.3) is 0 Å². The molecule has 0 aromatic heterocycles. The molecule has 2 nitrogen and oxygen atoms in total. The second-order valence-electron chi connectivity index (χ2n) is 9.75. The van der Waals surface area contributed by atoms with Crippen LogP contribution in [0.5, 0.6) is 11.5 Å². The Labute approximate surface area is 179 Å². The van der Waals surface area contributed by atoms with Crippen molar-refractivity contribution in [3.8, 4) is 11.5 Å². The SMILES string of the molecule is CC(C)=CCCC(C)CCC/C(C)=C/CCC1(C)CCc2cc(O)cc(C)c2O1. The largest absolute Gasteiger partial charge is 0.508 e. The number of hydrogen-bond donors (Lipinski definition) is 1. The van der Waals surface area contributed by atoms with Crippen molar-refractivity contribution in [3.05, 3.63) is 46.6 Å². The zero-order chi connectivity index (χ0) is 21.4. The molecule has 0 spiro atoms. The summed E-state index contributed by atoms with van der Waals surface area (Å²) >= 11 is 0. The molecule has 2 rings (SSSR count). The quantitative estimate of drug-likeness (QED) is 0.404. The van der Waals surface area contributed by atoms with Crippen molar-refractivity contribution in [3.63, 3.8) is 0 Å². The summed E-state index contributed by atoms with van der Waals surface area (Å²) in [7, 11) is 0. The van der Waals surface area contributed by atoms with E-state index in [0.717, 1.165) is 48.5 Å². The van der Waals surface area contributed by atoms with E-state index in [9.17, 15) is 5.11 Å². The van der Waals surface area contributed by atoms with E-state index in [2.05, 4.69) is 46.8 Å². The molecule has 0 radical (unpaired) electrons. The molecular weight excluding hydrogens is 356 g/mol. The van der Waals surface area contributed by atoms with Gasteiger partial charge in [0.05, 0.1) is 0 Å². The molecule has 1 N–H and O–H groups in total. The normalized spacial score (nSPS) is 20.0. The van der Waals surface area contributed by atoms with E-state index in [-0.39, 0.29) is 5.60 Å². The first-order valence-corrected chi connectivity index (χ1v) is 11.5. The lowest BCUT2D eigenvalue weighted by molar-refractivity contribution is 0.0561. The van der Waals surface area contributed by atoms with Crippen molar-refractivity contribution in [2.45, 2.75) is 105 Å². The fourth-order valence-corrected chi connectivity index (χ4v) is 4.29. The van der Waals surface area contributed by atoms with Crippen LogP contribution in [0.4, 0.5) is 0 Å². The van der Waals surface area contributed by atoms with Gasteiger partial charge in [-0.3, -0.25) is 0 Å². The number of phenols is 1. The molecule has 29 heavy (non-hydrogen) atoms. The highest BCUT2D eigenvalue weighted by molar-refractivity contribution is 5.47. The van der Waals surface area contributed by atoms with Crippen molar-refractivity contribution in [1.82, 2.24) is 0 Å². The van der Waals surface area contributed by atoms with Gasteiger partial charge in [-0.2, -0.15) is 0 Å². The van der Waals surface area contributed by atoms with Crippen LogP contribution < -0.4 is 4.74 Å². The Hall–Kier alpha value is -1.70. The zero-order valence-electron chi connectivity index (χ0n) is 19.6. The highest BCUT2D eigenvalue weighted by Gasteiger charge is 2.31. The van der Waals surface area contributed by atoms with Gasteiger partial charge in [-0.25, -0.2) is 0 Å². The summed E-state index contributed by atoms with van der Waals surface area (Å²) in [5, 5.41) is 9.81. The Morgan fingerprint density at radius 3 is 2.66 bits per heavy atom. The number of aromatic hydroxyl groups is 1. The van der Waals surface area contributed by atoms with E-state index in [1.54, 1.807) is 6.07 Å². The van der Waals surface area contributed by atoms with Crippen molar-refractivity contribution < 1.29 is 9.84 Å². The molecule has 0 bridgehead atoms. The third-order valence-corrected chi connectivity index (χ3v) is 6.25. The van der Waals surface area contributed by atoms with Crippen molar-refractivity contribution >= 4 is 0 Å². The molecule has 0 saturated heterocycles. The summed E-state index contributed by atoms with van der Waals surface area (Å²) in [6.45, 7) is 13.3. The van der Waals surface area contributed by atoms with Gasteiger partial charge >= 0.3 is 0 Å². The molecule has 0 aliphatic carbocycles. The Kier molecular flexibility index (Phi) is 8.86. The van der Waals surface area contributed by atoms with Crippen LogP contribution in [0, 0.1) is 12.8 Å². The maximum absolute atomic E-state index is 9.81. The van der Waals surface area contributed by atoms with Gasteiger partial charge in [0.1, 0.15) is 17.1 Å². The summed E-state index contributed by atoms with van der Waals surface area (Å²) in [6.07, 6.45) is 15.3. The van der Waals surface area contributed by atoms with Gasteiger partial charge in [0.2, 0.25) is 0 Å². The number of phenolic OH excluding ortho intramolecular Hbond substituents is 1. The van der Waals surface area contributed by atoms with Gasteiger partial charge in [-0.05, 0) is 115 Å². The van der Waals surface area contributed by atoms with Gasteiger partial charge in [0.15, 0.2) is 0 Å². The van der Waals surface area contributed by atoms with Gasteiger partial charge in [-0.1, -0.05) is 36.6 Å². The van der Waals surface area contributed by atoms with E-state index >= 15 is 0 Å². The lowest BCUT2D eigenvalue weighted by atomic mass is 9.87. The van der Waals surface area contributed by atoms with Crippen molar-refractivity contribution in [2.24, 2.45) is 5.92 Å². The minimum Gasteiger partial charge on any atom is -0.508 e. The highest BCUT2D eigenvalue weighted by atomic mass is 16.5. The van der Waals surface area contributed by atoms with Crippen LogP contribution in [0.1, 0.15) is 97.1 Å². The smallest absolute Gasteiger partial charge is 0.126 e. The number of aryl methyl sites for hydroxylation is 2. The summed E-state index contributed by atoms with van der Waals surface area (Å²) in [6, 6.07) is 3.65. The molecule has 1 aliphatic heterocycles. The number of allylic oxidation sites excluding steroid dienone is 4. The zero-order valence-corrected chi connectivity index (χ0v) is 19.6. The second-order valence-corrected chi connectivity index (χ2v) is 9.75. The average Bonchev–Trinajstić information content (AvgIpc) is 2.62. The Morgan fingerprint density at radius 1 is 1.17 bits per heavy atom. The highest BCUT2D eigenvalue weighted by Crippen LogP contribution is 2.39. The van der Waals surface area contributed by atoms with Gasteiger partial charge in [0, 0.05) is 0 Å². The molecule has 1 aromatic rings. The standard InChI is InChI=1S/C27H42O2/c1-20(2)10-7-11-21(3)12-8-13-22(4)14-9-16-27(6)17-15-24-19-25(28)18-23(5)26(24)29-27/h10,14,18-19,21,28H,7-9,11-13,15-17H2,1-6H3/b22-14+. The van der Waals surface area contributed by atoms with Crippen LogP contribution in [-0.4, -0.2) is 10.7 Å². The summed E-state index contributed by atoms with van der Waals surface area (Å²) < 4.78 is 6.41. The molecule has 0 fully saturated rings. The van der Waals surface area contributed by atoms with Crippen molar-refractivity contribution in [1.29, 1.82) is 0 Å². The third kappa shape index (κ3) is 7.91. The van der Waals surface area contributed by atoms with Crippen LogP contribution >= 0.6 is 0 Å². The lowest BCUT2D eigenvalue weighted by Crippen LogP contribution is -2.36. The molecule has 162 valence electrons. The Bertz CT molecular complexity index is 724. The Balaban J connectivity index is 1.74. The first-order valence-electron chi connectivity index (χ1n) is 11.5. The number of rotatable bonds is 10. The Morgan fingerprint density at radius 2 is 1.93 bits per heavy atom. The van der Waals surface area contributed by atoms with Crippen LogP contribution in [0.2, 0.25) is 0 Å². The van der Waals surface area contributed by atoms with E-state index in [0.29, 0.717) is 5.75 Å². The van der Waals surface area contributed by atoms with Gasteiger partial charge in [-0.15, -0.1) is 0 Å². The first-order chi connectivity index (χ1) is 13.7. The molecule has 1 heterocycles. The minimum absolute atomic E-state index is 0.106. The van der Waals surface area contributed by atoms with E-state index < -0.39 is 0 Å². The molecular formula is C27H42O2. The first kappa shape index (κ1) is 23.6. The van der Waals surface area contributed by atoms with Gasteiger partial charge < -0.3 is 9.84 Å². The fraction of sp³-hybridized carbons (Fsp3) is 0.630. The topological polar surface area (TPSA) is 29.5 Å². The fourth-order valence-electron chi connectivity index (χ4n) is 4.29. The summed E-state index contributed by atoms with van der Waals surface area (Å²) in [4.78, 5) is 0. The molecule has 0 saturated carbocycles. The van der Waals surface area contributed by atoms with Crippen molar-refractivity contribution in [2.75, 3.05) is 0 Å². The van der Waals surface area contributed by atoms with Crippen LogP contribution in [0.15, 0.2) is 35.4 Å². The predicted octanol–water partition coefficient (Wildman–Crippen LogP) is 8.06. The molecule has 2 unspecified atom stereocenters. The maximum Gasteiger partial charge on any atom is 0.126 e. The molecule has 1 aliphatic rings. The third-order valence-electron chi connectivity index (χ3n) is 6.25. The second kappa shape index (κ2) is 10.9. The molecule has 2 atom stereocenters. The predicted molar refractivity (Wildman–Crippen MR) is 125 cm³/mol. The summed E-state index contributed by atoms with van der Waals surface area (Å²) in [5.41, 5.74) is 5.03. The minimum atomic E-state index is -0.106. The van der Waals surface area contributed by atoms with E-state index in [1.807, 2.05) is 13.0 Å². The summed E-state index contributed by atoms with van der Waals surface area (Å²) in [5.74, 6) is 2.15. The average molecular weight is 399 g/mol.